The Morgan fingerprint density at radius 2 is 1.36 bits per heavy atom. The van der Waals surface area contributed by atoms with Gasteiger partial charge < -0.3 is 26.4 Å². The first-order valence-electron chi connectivity index (χ1n) is 12.9. The molecule has 206 valence electrons. The van der Waals surface area contributed by atoms with Crippen LogP contribution in [0.25, 0.3) is 45.4 Å². The standard InChI is InChI=1S/C31H15BF6N2O2/c33-19-5-1-3-16(9-19)27-12-23-29(41-27)14-25-31(18-7-8-21(35)22(36)11-18)26-15-30-24(40(26)32(37,38)39(23)25)13-28(42-30)17-4-2-6-20(34)10-17/h1-15H. The van der Waals surface area contributed by atoms with E-state index in [0.29, 0.717) is 11.1 Å². The number of furan rings is 2. The quantitative estimate of drug-likeness (QED) is 0.175. The number of hydrogen-bond acceptors (Lipinski definition) is 2. The number of fused-ring (bicyclic) bond motifs is 5. The molecule has 0 saturated heterocycles. The molecule has 3 aromatic carbocycles. The molecular formula is C31H15BF6N2O2. The lowest BCUT2D eigenvalue weighted by Crippen LogP contribution is -2.56. The minimum absolute atomic E-state index is 0.0172. The highest BCUT2D eigenvalue weighted by atomic mass is 19.2. The monoisotopic (exact) mass is 572 g/mol. The molecule has 0 fully saturated rings. The van der Waals surface area contributed by atoms with E-state index in [1.54, 1.807) is 12.1 Å². The van der Waals surface area contributed by atoms with Crippen LogP contribution in [0.5, 0.6) is 0 Å². The van der Waals surface area contributed by atoms with Crippen LogP contribution in [-0.4, -0.2) is 11.4 Å². The van der Waals surface area contributed by atoms with Crippen LogP contribution in [0.4, 0.5) is 26.2 Å². The zero-order chi connectivity index (χ0) is 28.9. The van der Waals surface area contributed by atoms with Crippen LogP contribution < -0.4 is 15.3 Å². The number of halogens is 6. The summed E-state index contributed by atoms with van der Waals surface area (Å²) in [4.78, 5) is 0. The highest BCUT2D eigenvalue weighted by molar-refractivity contribution is 6.65. The fraction of sp³-hybridized carbons (Fsp3) is 0. The molecule has 0 bridgehead atoms. The third-order valence-electron chi connectivity index (χ3n) is 7.61. The lowest BCUT2D eigenvalue weighted by molar-refractivity contribution is 0.507. The summed E-state index contributed by atoms with van der Waals surface area (Å²) in [6.45, 7) is -4.62. The number of aromatic nitrogens is 1. The van der Waals surface area contributed by atoms with Crippen molar-refractivity contribution in [3.8, 4) is 22.6 Å². The van der Waals surface area contributed by atoms with E-state index in [1.165, 1.54) is 66.7 Å². The van der Waals surface area contributed by atoms with Crippen molar-refractivity contribution in [1.82, 2.24) is 8.96 Å². The Labute approximate surface area is 232 Å². The third kappa shape index (κ3) is 3.42. The zero-order valence-corrected chi connectivity index (χ0v) is 21.2. The average molecular weight is 572 g/mol. The second-order valence-corrected chi connectivity index (χ2v) is 10.1. The van der Waals surface area contributed by atoms with E-state index in [1.807, 2.05) is 0 Å². The molecule has 5 heterocycles. The summed E-state index contributed by atoms with van der Waals surface area (Å²) in [6.07, 6.45) is 1.40. The molecule has 2 aliphatic rings. The Hall–Kier alpha value is -5.19. The van der Waals surface area contributed by atoms with Crippen LogP contribution in [-0.2, 0) is 0 Å². The van der Waals surface area contributed by atoms with Gasteiger partial charge in [0.25, 0.3) is 0 Å². The molecule has 8 rings (SSSR count). The third-order valence-corrected chi connectivity index (χ3v) is 7.61. The molecule has 0 amide bonds. The Kier molecular flexibility index (Phi) is 4.93. The van der Waals surface area contributed by atoms with Crippen molar-refractivity contribution in [3.05, 3.63) is 136 Å². The van der Waals surface area contributed by atoms with E-state index in [0.717, 1.165) is 21.1 Å². The van der Waals surface area contributed by atoms with Gasteiger partial charge in [-0.1, -0.05) is 30.3 Å². The summed E-state index contributed by atoms with van der Waals surface area (Å²) in [5.74, 6) is -2.91. The predicted octanol–water partition coefficient (Wildman–Crippen LogP) is 6.70. The minimum Gasteiger partial charge on any atom is -0.455 e. The first-order valence-corrected chi connectivity index (χ1v) is 12.9. The van der Waals surface area contributed by atoms with Crippen molar-refractivity contribution in [2.45, 2.75) is 0 Å². The average Bonchev–Trinajstić information content (AvgIpc) is 3.69. The molecule has 0 N–H and O–H groups in total. The maximum atomic E-state index is 16.7. The summed E-state index contributed by atoms with van der Waals surface area (Å²) in [5, 5.41) is 0.0238. The highest BCUT2D eigenvalue weighted by Gasteiger charge is 2.54. The molecule has 2 aliphatic heterocycles. The second-order valence-electron chi connectivity index (χ2n) is 10.1. The fourth-order valence-corrected chi connectivity index (χ4v) is 5.84. The number of hydrogen-bond donors (Lipinski definition) is 0. The molecular weight excluding hydrogens is 557 g/mol. The van der Waals surface area contributed by atoms with Gasteiger partial charge in [-0.2, -0.15) is 0 Å². The molecule has 0 aliphatic carbocycles. The van der Waals surface area contributed by atoms with Gasteiger partial charge in [0.15, 0.2) is 22.7 Å². The number of nitrogens with zero attached hydrogens (tertiary/aromatic N) is 2. The van der Waals surface area contributed by atoms with E-state index in [4.69, 9.17) is 8.83 Å². The van der Waals surface area contributed by atoms with Crippen molar-refractivity contribution < 1.29 is 35.0 Å². The van der Waals surface area contributed by atoms with Crippen molar-refractivity contribution in [2.24, 2.45) is 0 Å². The maximum absolute atomic E-state index is 16.7. The lowest BCUT2D eigenvalue weighted by atomic mass is 9.86. The summed E-state index contributed by atoms with van der Waals surface area (Å²) < 4.78 is 103. The Bertz CT molecular complexity index is 2300. The summed E-state index contributed by atoms with van der Waals surface area (Å²) in [7, 11) is 0. The van der Waals surface area contributed by atoms with E-state index in [2.05, 4.69) is 0 Å². The summed E-state index contributed by atoms with van der Waals surface area (Å²) in [6, 6.07) is 18.5. The van der Waals surface area contributed by atoms with Crippen LogP contribution >= 0.6 is 0 Å². The highest BCUT2D eigenvalue weighted by Crippen LogP contribution is 2.42. The molecule has 3 aromatic heterocycles. The van der Waals surface area contributed by atoms with Crippen molar-refractivity contribution in [2.75, 3.05) is 0 Å². The van der Waals surface area contributed by atoms with Crippen LogP contribution in [0, 0.1) is 23.3 Å². The van der Waals surface area contributed by atoms with Gasteiger partial charge in [-0.25, -0.2) is 17.6 Å². The number of rotatable bonds is 3. The summed E-state index contributed by atoms with van der Waals surface area (Å²) >= 11 is 0. The lowest BCUT2D eigenvalue weighted by Gasteiger charge is -2.31. The molecule has 4 nitrogen and oxygen atoms in total. The molecule has 11 heteroatoms. The molecule has 0 unspecified atom stereocenters. The number of benzene rings is 3. The fourth-order valence-electron chi connectivity index (χ4n) is 5.84. The van der Waals surface area contributed by atoms with Crippen LogP contribution in [0.3, 0.4) is 0 Å². The van der Waals surface area contributed by atoms with E-state index < -0.39 is 30.2 Å². The Morgan fingerprint density at radius 1 is 0.667 bits per heavy atom. The van der Waals surface area contributed by atoms with Gasteiger partial charge >= 0.3 is 6.97 Å². The van der Waals surface area contributed by atoms with Gasteiger partial charge in [0.05, 0.1) is 23.2 Å². The van der Waals surface area contributed by atoms with Crippen LogP contribution in [0.2, 0.25) is 0 Å². The summed E-state index contributed by atoms with van der Waals surface area (Å²) in [5.41, 5.74) is 1.31. The van der Waals surface area contributed by atoms with Crippen molar-refractivity contribution in [3.63, 3.8) is 0 Å². The van der Waals surface area contributed by atoms with Gasteiger partial charge in [-0.3, -0.25) is 0 Å². The minimum atomic E-state index is -4.62. The predicted molar refractivity (Wildman–Crippen MR) is 144 cm³/mol. The molecule has 6 aromatic rings. The largest absolute Gasteiger partial charge is 0.738 e. The van der Waals surface area contributed by atoms with Crippen molar-refractivity contribution in [1.29, 1.82) is 0 Å². The normalized spacial score (nSPS) is 15.1. The van der Waals surface area contributed by atoms with Gasteiger partial charge in [-0.05, 0) is 42.0 Å². The molecule has 0 saturated carbocycles. The van der Waals surface area contributed by atoms with E-state index >= 15 is 8.63 Å². The second kappa shape index (κ2) is 8.42. The van der Waals surface area contributed by atoms with Gasteiger partial charge in [0.2, 0.25) is 5.36 Å². The molecule has 0 spiro atoms. The first-order chi connectivity index (χ1) is 20.2. The topological polar surface area (TPSA) is 34.2 Å². The Morgan fingerprint density at radius 3 is 2.02 bits per heavy atom. The zero-order valence-electron chi connectivity index (χ0n) is 21.2. The van der Waals surface area contributed by atoms with Gasteiger partial charge in [-0.15, -0.1) is 0 Å². The molecule has 0 atom stereocenters. The maximum Gasteiger partial charge on any atom is 0.738 e. The van der Waals surface area contributed by atoms with Gasteiger partial charge in [0.1, 0.15) is 28.7 Å². The first kappa shape index (κ1) is 24.6. The van der Waals surface area contributed by atoms with Crippen molar-refractivity contribution >= 4 is 29.7 Å². The van der Waals surface area contributed by atoms with E-state index in [-0.39, 0.29) is 55.9 Å². The van der Waals surface area contributed by atoms with Gasteiger partial charge in [0, 0.05) is 29.0 Å². The molecule has 0 radical (unpaired) electrons. The van der Waals surface area contributed by atoms with E-state index in [9.17, 15) is 17.6 Å². The van der Waals surface area contributed by atoms with Crippen LogP contribution in [0.1, 0.15) is 11.3 Å². The SMILES string of the molecule is Fc1cccc(-c2cc3c(o2)=CC2=C(c4ccc(F)c(F)c4)c4cc5oc(-c6cccc(F)c6)cc5n4[B-](F)(F)[N+]=32)c1. The smallest absolute Gasteiger partial charge is 0.455 e. The number of allylic oxidation sites excluding steroid dienone is 1. The molecule has 42 heavy (non-hydrogen) atoms. The Balaban J connectivity index is 1.43. The van der Waals surface area contributed by atoms with Crippen LogP contribution in [0.15, 0.2) is 99.5 Å².